The number of carbonyl (C=O) groups excluding carboxylic acids is 1. The van der Waals surface area contributed by atoms with E-state index >= 15 is 0 Å². The summed E-state index contributed by atoms with van der Waals surface area (Å²) in [4.78, 5) is 27.2. The zero-order valence-electron chi connectivity index (χ0n) is 15.0. The molecule has 7 nitrogen and oxygen atoms in total. The molecule has 2 N–H and O–H groups in total. The SMILES string of the molecule is Cc1c(CC(=O)N[C@H](C)c2ccc(C#N)nn2)c(=O)[nH]c2ccc(F)c(F)c12. The molecule has 0 aliphatic carbocycles. The molecule has 0 aliphatic rings. The van der Waals surface area contributed by atoms with Gasteiger partial charge >= 0.3 is 0 Å². The van der Waals surface area contributed by atoms with E-state index in [-0.39, 0.29) is 34.1 Å². The topological polar surface area (TPSA) is 112 Å². The number of halogens is 2. The van der Waals surface area contributed by atoms with Gasteiger partial charge in [-0.1, -0.05) is 0 Å². The van der Waals surface area contributed by atoms with Gasteiger partial charge in [0.15, 0.2) is 17.3 Å². The molecule has 1 aromatic carbocycles. The standard InChI is InChI=1S/C19H15F2N5O2/c1-9-12(19(28)24-15-6-4-13(20)18(21)17(9)15)7-16(27)23-10(2)14-5-3-11(8-22)25-26-14/h3-6,10H,7H2,1-2H3,(H,23,27)(H,24,28)/t10-/m1/s1. The maximum absolute atomic E-state index is 14.2. The monoisotopic (exact) mass is 383 g/mol. The van der Waals surface area contributed by atoms with Gasteiger partial charge in [-0.15, -0.1) is 5.10 Å². The number of nitriles is 1. The van der Waals surface area contributed by atoms with Crippen LogP contribution in [0, 0.1) is 29.9 Å². The Hall–Kier alpha value is -3.67. The normalized spacial score (nSPS) is 11.8. The first kappa shape index (κ1) is 19.1. The van der Waals surface area contributed by atoms with Gasteiger partial charge in [-0.3, -0.25) is 9.59 Å². The van der Waals surface area contributed by atoms with Crippen LogP contribution >= 0.6 is 0 Å². The molecular formula is C19H15F2N5O2. The van der Waals surface area contributed by atoms with E-state index in [1.807, 2.05) is 6.07 Å². The van der Waals surface area contributed by atoms with Gasteiger partial charge in [0, 0.05) is 10.9 Å². The van der Waals surface area contributed by atoms with E-state index in [1.165, 1.54) is 19.1 Å². The first-order chi connectivity index (χ1) is 13.3. The lowest BCUT2D eigenvalue weighted by molar-refractivity contribution is -0.121. The van der Waals surface area contributed by atoms with E-state index in [0.29, 0.717) is 5.69 Å². The van der Waals surface area contributed by atoms with Gasteiger partial charge in [0.1, 0.15) is 6.07 Å². The summed E-state index contributed by atoms with van der Waals surface area (Å²) in [6.07, 6.45) is -0.318. The highest BCUT2D eigenvalue weighted by Crippen LogP contribution is 2.23. The van der Waals surface area contributed by atoms with Gasteiger partial charge in [-0.05, 0) is 43.7 Å². The Morgan fingerprint density at radius 3 is 2.68 bits per heavy atom. The van der Waals surface area contributed by atoms with Crippen LogP contribution in [-0.4, -0.2) is 21.1 Å². The van der Waals surface area contributed by atoms with Crippen LogP contribution in [0.1, 0.15) is 35.5 Å². The number of fused-ring (bicyclic) bond motifs is 1. The van der Waals surface area contributed by atoms with Crippen LogP contribution in [0.3, 0.4) is 0 Å². The second kappa shape index (κ2) is 7.52. The van der Waals surface area contributed by atoms with Crippen LogP contribution in [0.2, 0.25) is 0 Å². The summed E-state index contributed by atoms with van der Waals surface area (Å²) in [7, 11) is 0. The van der Waals surface area contributed by atoms with Gasteiger partial charge in [-0.2, -0.15) is 10.4 Å². The first-order valence-corrected chi connectivity index (χ1v) is 8.34. The largest absolute Gasteiger partial charge is 0.348 e. The average molecular weight is 383 g/mol. The molecular weight excluding hydrogens is 368 g/mol. The smallest absolute Gasteiger partial charge is 0.252 e. The molecule has 0 unspecified atom stereocenters. The molecule has 0 saturated heterocycles. The van der Waals surface area contributed by atoms with E-state index in [0.717, 1.165) is 6.07 Å². The van der Waals surface area contributed by atoms with E-state index in [1.54, 1.807) is 13.0 Å². The number of aromatic amines is 1. The fourth-order valence-corrected chi connectivity index (χ4v) is 2.91. The van der Waals surface area contributed by atoms with E-state index in [2.05, 4.69) is 20.5 Å². The van der Waals surface area contributed by atoms with Gasteiger partial charge in [0.2, 0.25) is 5.91 Å². The van der Waals surface area contributed by atoms with Gasteiger partial charge in [-0.25, -0.2) is 8.78 Å². The van der Waals surface area contributed by atoms with Crippen molar-refractivity contribution < 1.29 is 13.6 Å². The third kappa shape index (κ3) is 3.57. The highest BCUT2D eigenvalue weighted by molar-refractivity contribution is 5.86. The van der Waals surface area contributed by atoms with Gasteiger partial charge in [0.05, 0.1) is 23.7 Å². The van der Waals surface area contributed by atoms with Crippen LogP contribution < -0.4 is 10.9 Å². The number of nitrogens with zero attached hydrogens (tertiary/aromatic N) is 3. The van der Waals surface area contributed by atoms with Gasteiger partial charge in [0.25, 0.3) is 5.56 Å². The summed E-state index contributed by atoms with van der Waals surface area (Å²) in [5.74, 6) is -2.61. The van der Waals surface area contributed by atoms with Crippen molar-refractivity contribution in [1.82, 2.24) is 20.5 Å². The summed E-state index contributed by atoms with van der Waals surface area (Å²) >= 11 is 0. The zero-order chi connectivity index (χ0) is 20.4. The molecule has 0 fully saturated rings. The van der Waals surface area contributed by atoms with Crippen LogP contribution in [0.5, 0.6) is 0 Å². The Balaban J connectivity index is 1.85. The molecule has 142 valence electrons. The minimum atomic E-state index is -1.07. The molecule has 1 amide bonds. The van der Waals surface area contributed by atoms with Crippen molar-refractivity contribution in [3.05, 3.63) is 68.8 Å². The van der Waals surface area contributed by atoms with Gasteiger partial charge < -0.3 is 10.3 Å². The lowest BCUT2D eigenvalue weighted by Gasteiger charge is -2.14. The van der Waals surface area contributed by atoms with E-state index in [9.17, 15) is 18.4 Å². The average Bonchev–Trinajstić information content (AvgIpc) is 2.68. The highest BCUT2D eigenvalue weighted by Gasteiger charge is 2.19. The molecule has 3 aromatic rings. The van der Waals surface area contributed by atoms with Crippen molar-refractivity contribution in [2.75, 3.05) is 0 Å². The fourth-order valence-electron chi connectivity index (χ4n) is 2.91. The third-order valence-corrected chi connectivity index (χ3v) is 4.40. The van der Waals surface area contributed by atoms with E-state index < -0.39 is 29.1 Å². The maximum Gasteiger partial charge on any atom is 0.252 e. The number of H-pyrrole nitrogens is 1. The molecule has 0 saturated carbocycles. The number of hydrogen-bond donors (Lipinski definition) is 2. The second-order valence-electron chi connectivity index (χ2n) is 6.26. The summed E-state index contributed by atoms with van der Waals surface area (Å²) in [6, 6.07) is 6.56. The van der Waals surface area contributed by atoms with E-state index in [4.69, 9.17) is 5.26 Å². The second-order valence-corrected chi connectivity index (χ2v) is 6.26. The Morgan fingerprint density at radius 1 is 1.29 bits per heavy atom. The Labute approximate surface area is 158 Å². The van der Waals surface area contributed by atoms with Crippen LogP contribution in [0.15, 0.2) is 29.1 Å². The molecule has 0 aliphatic heterocycles. The van der Waals surface area contributed by atoms with Crippen molar-refractivity contribution in [2.24, 2.45) is 0 Å². The molecule has 0 bridgehead atoms. The molecule has 28 heavy (non-hydrogen) atoms. The first-order valence-electron chi connectivity index (χ1n) is 8.34. The quantitative estimate of drug-likeness (QED) is 0.717. The summed E-state index contributed by atoms with van der Waals surface area (Å²) < 4.78 is 27.7. The van der Waals surface area contributed by atoms with Crippen molar-refractivity contribution in [3.63, 3.8) is 0 Å². The van der Waals surface area contributed by atoms with Crippen LogP contribution in [0.4, 0.5) is 8.78 Å². The molecule has 2 heterocycles. The number of carbonyl (C=O) groups is 1. The minimum absolute atomic E-state index is 0.0487. The molecule has 0 spiro atoms. The molecule has 9 heteroatoms. The number of nitrogens with one attached hydrogen (secondary N) is 2. The Morgan fingerprint density at radius 2 is 2.04 bits per heavy atom. The maximum atomic E-state index is 14.2. The third-order valence-electron chi connectivity index (χ3n) is 4.40. The molecule has 1 atom stereocenters. The number of benzene rings is 1. The number of aryl methyl sites for hydroxylation is 1. The van der Waals surface area contributed by atoms with Crippen LogP contribution in [-0.2, 0) is 11.2 Å². The molecule has 3 rings (SSSR count). The predicted molar refractivity (Wildman–Crippen MR) is 96.2 cm³/mol. The number of pyridine rings is 1. The molecule has 2 aromatic heterocycles. The highest BCUT2D eigenvalue weighted by atomic mass is 19.2. The number of amides is 1. The van der Waals surface area contributed by atoms with Crippen LogP contribution in [0.25, 0.3) is 10.9 Å². The Bertz CT molecular complexity index is 1170. The molecule has 0 radical (unpaired) electrons. The number of rotatable bonds is 4. The van der Waals surface area contributed by atoms with Crippen molar-refractivity contribution >= 4 is 16.8 Å². The lowest BCUT2D eigenvalue weighted by Crippen LogP contribution is -2.31. The fraction of sp³-hybridized carbons (Fsp3) is 0.211. The predicted octanol–water partition coefficient (Wildman–Crippen LogP) is 2.20. The summed E-state index contributed by atoms with van der Waals surface area (Å²) in [5, 5.41) is 18.9. The van der Waals surface area contributed by atoms with Crippen molar-refractivity contribution in [3.8, 4) is 6.07 Å². The number of aromatic nitrogens is 3. The number of hydrogen-bond acceptors (Lipinski definition) is 5. The lowest BCUT2D eigenvalue weighted by atomic mass is 10.0. The zero-order valence-corrected chi connectivity index (χ0v) is 15.0. The Kier molecular flexibility index (Phi) is 5.13. The van der Waals surface area contributed by atoms with Crippen molar-refractivity contribution in [1.29, 1.82) is 5.26 Å². The minimum Gasteiger partial charge on any atom is -0.348 e. The van der Waals surface area contributed by atoms with Crippen molar-refractivity contribution in [2.45, 2.75) is 26.3 Å². The summed E-state index contributed by atoms with van der Waals surface area (Å²) in [5.41, 5.74) is 0.451. The summed E-state index contributed by atoms with van der Waals surface area (Å²) in [6.45, 7) is 3.14.